The van der Waals surface area contributed by atoms with E-state index in [-0.39, 0.29) is 0 Å². The second kappa shape index (κ2) is 6.78. The standard InChI is InChI=1S/C20H22N4O2/c21-19-17(12-23-20-22-9-10-24(19)20)16-7-5-15(6-8-16)14-3-1-13(2-4-14)11-18(25)26/h5-10,12-14H,1-4,11,21H2,(H,25,26)/t13-,14-. The molecule has 1 aliphatic carbocycles. The Balaban J connectivity index is 1.50. The van der Waals surface area contributed by atoms with Crippen LogP contribution in [-0.4, -0.2) is 25.4 Å². The summed E-state index contributed by atoms with van der Waals surface area (Å²) in [6.07, 6.45) is 9.67. The number of carboxylic acids is 1. The number of fused-ring (bicyclic) bond motifs is 1. The fraction of sp³-hybridized carbons (Fsp3) is 0.350. The van der Waals surface area contributed by atoms with Crippen LogP contribution in [0.5, 0.6) is 0 Å². The van der Waals surface area contributed by atoms with Crippen molar-refractivity contribution in [3.05, 3.63) is 48.4 Å². The zero-order valence-electron chi connectivity index (χ0n) is 14.5. The highest BCUT2D eigenvalue weighted by Crippen LogP contribution is 2.37. The number of nitrogens with two attached hydrogens (primary N) is 1. The van der Waals surface area contributed by atoms with Crippen LogP contribution in [0.2, 0.25) is 0 Å². The van der Waals surface area contributed by atoms with Crippen LogP contribution >= 0.6 is 0 Å². The third-order valence-electron chi connectivity index (χ3n) is 5.47. The fourth-order valence-corrected chi connectivity index (χ4v) is 4.00. The molecule has 1 aromatic carbocycles. The average molecular weight is 350 g/mol. The van der Waals surface area contributed by atoms with Crippen LogP contribution in [0, 0.1) is 5.92 Å². The first-order valence-corrected chi connectivity index (χ1v) is 9.01. The predicted molar refractivity (Wildman–Crippen MR) is 99.8 cm³/mol. The molecule has 0 unspecified atom stereocenters. The van der Waals surface area contributed by atoms with E-state index in [0.717, 1.165) is 36.8 Å². The summed E-state index contributed by atoms with van der Waals surface area (Å²) in [6, 6.07) is 8.51. The maximum atomic E-state index is 10.9. The van der Waals surface area contributed by atoms with Crippen LogP contribution in [0.3, 0.4) is 0 Å². The number of carbonyl (C=O) groups is 1. The Labute approximate surface area is 151 Å². The van der Waals surface area contributed by atoms with Gasteiger partial charge in [0.25, 0.3) is 0 Å². The summed E-state index contributed by atoms with van der Waals surface area (Å²) in [5, 5.41) is 8.94. The van der Waals surface area contributed by atoms with Crippen LogP contribution in [-0.2, 0) is 4.79 Å². The molecule has 6 heteroatoms. The Kier molecular flexibility index (Phi) is 4.32. The van der Waals surface area contributed by atoms with Crippen molar-refractivity contribution in [1.29, 1.82) is 0 Å². The number of rotatable bonds is 4. The molecule has 4 rings (SSSR count). The van der Waals surface area contributed by atoms with E-state index in [1.807, 2.05) is 6.20 Å². The molecule has 26 heavy (non-hydrogen) atoms. The number of nitrogens with zero attached hydrogens (tertiary/aromatic N) is 3. The third kappa shape index (κ3) is 3.14. The Bertz CT molecular complexity index is 925. The molecule has 2 heterocycles. The zero-order valence-corrected chi connectivity index (χ0v) is 14.5. The minimum atomic E-state index is -0.682. The largest absolute Gasteiger partial charge is 0.481 e. The van der Waals surface area contributed by atoms with Gasteiger partial charge in [-0.15, -0.1) is 0 Å². The van der Waals surface area contributed by atoms with Crippen molar-refractivity contribution >= 4 is 17.6 Å². The van der Waals surface area contributed by atoms with E-state index in [1.54, 1.807) is 16.8 Å². The van der Waals surface area contributed by atoms with E-state index in [2.05, 4.69) is 34.2 Å². The molecule has 0 spiro atoms. The molecule has 0 bridgehead atoms. The predicted octanol–water partition coefficient (Wildman–Crippen LogP) is 3.73. The van der Waals surface area contributed by atoms with Gasteiger partial charge in [-0.05, 0) is 48.6 Å². The van der Waals surface area contributed by atoms with E-state index in [1.165, 1.54) is 5.56 Å². The lowest BCUT2D eigenvalue weighted by Gasteiger charge is -2.28. The van der Waals surface area contributed by atoms with Crippen molar-refractivity contribution in [3.63, 3.8) is 0 Å². The monoisotopic (exact) mass is 350 g/mol. The van der Waals surface area contributed by atoms with E-state index in [0.29, 0.717) is 29.9 Å². The Morgan fingerprint density at radius 2 is 1.88 bits per heavy atom. The minimum absolute atomic E-state index is 0.300. The van der Waals surface area contributed by atoms with Crippen molar-refractivity contribution < 1.29 is 9.90 Å². The minimum Gasteiger partial charge on any atom is -0.481 e. The number of nitrogen functional groups attached to an aromatic ring is 1. The average Bonchev–Trinajstić information content (AvgIpc) is 3.12. The molecule has 1 aliphatic rings. The van der Waals surface area contributed by atoms with Gasteiger partial charge in [-0.2, -0.15) is 0 Å². The van der Waals surface area contributed by atoms with Gasteiger partial charge in [-0.1, -0.05) is 24.3 Å². The van der Waals surface area contributed by atoms with Gasteiger partial charge in [-0.25, -0.2) is 9.97 Å². The van der Waals surface area contributed by atoms with Crippen molar-refractivity contribution in [1.82, 2.24) is 14.4 Å². The summed E-state index contributed by atoms with van der Waals surface area (Å²) < 4.78 is 1.78. The van der Waals surface area contributed by atoms with Crippen LogP contribution in [0.1, 0.15) is 43.6 Å². The number of anilines is 1. The molecule has 6 nitrogen and oxygen atoms in total. The number of carboxylic acid groups (broad SMARTS) is 1. The highest BCUT2D eigenvalue weighted by atomic mass is 16.4. The molecule has 0 amide bonds. The number of benzene rings is 1. The van der Waals surface area contributed by atoms with Gasteiger partial charge in [0.05, 0.1) is 0 Å². The number of imidazole rings is 1. The van der Waals surface area contributed by atoms with Crippen molar-refractivity contribution in [2.45, 2.75) is 38.0 Å². The molecule has 3 N–H and O–H groups in total. The first-order chi connectivity index (χ1) is 12.6. The van der Waals surface area contributed by atoms with E-state index in [9.17, 15) is 4.79 Å². The van der Waals surface area contributed by atoms with Crippen molar-refractivity contribution in [2.24, 2.45) is 5.92 Å². The Hall–Kier alpha value is -2.89. The topological polar surface area (TPSA) is 93.5 Å². The van der Waals surface area contributed by atoms with Crippen LogP contribution < -0.4 is 5.73 Å². The number of aliphatic carboxylic acids is 1. The molecule has 1 saturated carbocycles. The third-order valence-corrected chi connectivity index (χ3v) is 5.47. The number of hydrogen-bond acceptors (Lipinski definition) is 4. The summed E-state index contributed by atoms with van der Waals surface area (Å²) in [7, 11) is 0. The maximum absolute atomic E-state index is 10.9. The fourth-order valence-electron chi connectivity index (χ4n) is 4.00. The van der Waals surface area contributed by atoms with E-state index >= 15 is 0 Å². The maximum Gasteiger partial charge on any atom is 0.303 e. The van der Waals surface area contributed by atoms with Gasteiger partial charge >= 0.3 is 5.97 Å². The molecular weight excluding hydrogens is 328 g/mol. The van der Waals surface area contributed by atoms with Gasteiger partial charge in [0.1, 0.15) is 5.82 Å². The Morgan fingerprint density at radius 1 is 1.15 bits per heavy atom. The van der Waals surface area contributed by atoms with Crippen molar-refractivity contribution in [2.75, 3.05) is 5.73 Å². The highest BCUT2D eigenvalue weighted by Gasteiger charge is 2.24. The first-order valence-electron chi connectivity index (χ1n) is 9.01. The quantitative estimate of drug-likeness (QED) is 0.748. The highest BCUT2D eigenvalue weighted by molar-refractivity contribution is 5.74. The molecule has 1 fully saturated rings. The van der Waals surface area contributed by atoms with Crippen molar-refractivity contribution in [3.8, 4) is 11.1 Å². The van der Waals surface area contributed by atoms with Gasteiger partial charge in [-0.3, -0.25) is 9.20 Å². The lowest BCUT2D eigenvalue weighted by Crippen LogP contribution is -2.16. The van der Waals surface area contributed by atoms with Gasteiger partial charge in [0.2, 0.25) is 5.78 Å². The zero-order chi connectivity index (χ0) is 18.1. The number of aromatic nitrogens is 3. The second-order valence-electron chi connectivity index (χ2n) is 7.09. The SMILES string of the molecule is Nc1c(-c2ccc([C@H]3CC[C@H](CC(=O)O)CC3)cc2)cnc2nccn12. The summed E-state index contributed by atoms with van der Waals surface area (Å²) >= 11 is 0. The molecule has 0 saturated heterocycles. The summed E-state index contributed by atoms with van der Waals surface area (Å²) in [5.41, 5.74) is 9.52. The normalized spacial score (nSPS) is 20.3. The molecule has 2 aromatic heterocycles. The molecule has 0 atom stereocenters. The molecule has 0 radical (unpaired) electrons. The second-order valence-corrected chi connectivity index (χ2v) is 7.09. The van der Waals surface area contributed by atoms with Crippen LogP contribution in [0.4, 0.5) is 5.82 Å². The van der Waals surface area contributed by atoms with Crippen LogP contribution in [0.25, 0.3) is 16.9 Å². The lowest BCUT2D eigenvalue weighted by molar-refractivity contribution is -0.138. The molecule has 3 aromatic rings. The van der Waals surface area contributed by atoms with Gasteiger partial charge in [0.15, 0.2) is 0 Å². The van der Waals surface area contributed by atoms with Gasteiger partial charge in [0, 0.05) is 30.6 Å². The van der Waals surface area contributed by atoms with Gasteiger partial charge < -0.3 is 10.8 Å². The van der Waals surface area contributed by atoms with E-state index in [4.69, 9.17) is 10.8 Å². The molecular formula is C20H22N4O2. The summed E-state index contributed by atoms with van der Waals surface area (Å²) in [4.78, 5) is 19.4. The smallest absolute Gasteiger partial charge is 0.303 e. The molecule has 134 valence electrons. The molecule has 0 aliphatic heterocycles. The summed E-state index contributed by atoms with van der Waals surface area (Å²) in [5.74, 6) is 1.39. The summed E-state index contributed by atoms with van der Waals surface area (Å²) in [6.45, 7) is 0. The Morgan fingerprint density at radius 3 is 2.58 bits per heavy atom. The van der Waals surface area contributed by atoms with E-state index < -0.39 is 5.97 Å². The number of hydrogen-bond donors (Lipinski definition) is 2. The van der Waals surface area contributed by atoms with Crippen LogP contribution in [0.15, 0.2) is 42.9 Å². The first kappa shape index (κ1) is 16.6. The lowest BCUT2D eigenvalue weighted by atomic mass is 9.77.